The molecule has 4 rings (SSSR count). The molecule has 2 N–H and O–H groups in total. The second-order valence-corrected chi connectivity index (χ2v) is 10.3. The van der Waals surface area contributed by atoms with Crippen molar-refractivity contribution in [3.05, 3.63) is 42.1 Å². The van der Waals surface area contributed by atoms with E-state index in [0.717, 1.165) is 5.56 Å². The van der Waals surface area contributed by atoms with Crippen LogP contribution in [-0.4, -0.2) is 67.8 Å². The molecule has 0 amide bonds. The number of aromatic nitrogens is 6. The molecule has 4 heterocycles. The molecule has 0 saturated heterocycles. The fraction of sp³-hybridized carbons (Fsp3) is 0.476. The Labute approximate surface area is 197 Å². The summed E-state index contributed by atoms with van der Waals surface area (Å²) < 4.78 is 42.5. The summed E-state index contributed by atoms with van der Waals surface area (Å²) in [7, 11) is -4.06. The van der Waals surface area contributed by atoms with Crippen molar-refractivity contribution in [2.75, 3.05) is 17.9 Å². The van der Waals surface area contributed by atoms with Gasteiger partial charge >= 0.3 is 0 Å². The van der Waals surface area contributed by atoms with Crippen LogP contribution in [0.2, 0.25) is 0 Å². The van der Waals surface area contributed by atoms with Gasteiger partial charge in [0.15, 0.2) is 11.6 Å². The third-order valence-corrected chi connectivity index (χ3v) is 7.01. The van der Waals surface area contributed by atoms with E-state index in [-0.39, 0.29) is 31.1 Å². The Morgan fingerprint density at radius 3 is 2.65 bits per heavy atom. The maximum Gasteiger partial charge on any atom is 0.240 e. The Hall–Kier alpha value is -3.16. The van der Waals surface area contributed by atoms with Gasteiger partial charge in [-0.25, -0.2) is 23.4 Å². The lowest BCUT2D eigenvalue weighted by molar-refractivity contribution is 0.00152. The van der Waals surface area contributed by atoms with Gasteiger partial charge in [0, 0.05) is 18.6 Å². The zero-order valence-corrected chi connectivity index (χ0v) is 20.1. The topological polar surface area (TPSA) is 154 Å². The monoisotopic (exact) mass is 489 g/mol. The van der Waals surface area contributed by atoms with E-state index in [1.807, 2.05) is 20.8 Å². The summed E-state index contributed by atoms with van der Waals surface area (Å²) in [6, 6.07) is 2.82. The average molecular weight is 490 g/mol. The van der Waals surface area contributed by atoms with Crippen LogP contribution in [-0.2, 0) is 14.8 Å². The molecule has 3 atom stereocenters. The maximum atomic E-state index is 13.4. The quantitative estimate of drug-likeness (QED) is 0.477. The van der Waals surface area contributed by atoms with Crippen LogP contribution < -0.4 is 9.46 Å². The van der Waals surface area contributed by atoms with Crippen molar-refractivity contribution in [1.29, 1.82) is 0 Å². The van der Waals surface area contributed by atoms with Crippen molar-refractivity contribution in [3.8, 4) is 17.3 Å². The predicted molar refractivity (Wildman–Crippen MR) is 123 cm³/mol. The van der Waals surface area contributed by atoms with Gasteiger partial charge in [0.25, 0.3) is 0 Å². The molecule has 3 aromatic heterocycles. The fourth-order valence-corrected chi connectivity index (χ4v) is 4.65. The van der Waals surface area contributed by atoms with Crippen LogP contribution in [0.4, 0.5) is 5.95 Å². The van der Waals surface area contributed by atoms with E-state index in [9.17, 15) is 13.5 Å². The predicted octanol–water partition coefficient (Wildman–Crippen LogP) is 1.66. The molecule has 34 heavy (non-hydrogen) atoms. The van der Waals surface area contributed by atoms with Crippen molar-refractivity contribution >= 4 is 16.0 Å². The highest BCUT2D eigenvalue weighted by atomic mass is 32.2. The molecule has 0 spiro atoms. The Balaban J connectivity index is 1.69. The zero-order chi connectivity index (χ0) is 24.5. The number of hydrogen-bond acceptors (Lipinski definition) is 10. The minimum Gasteiger partial charge on any atom is -0.475 e. The normalized spacial score (nSPS) is 17.3. The van der Waals surface area contributed by atoms with Gasteiger partial charge < -0.3 is 14.6 Å². The van der Waals surface area contributed by atoms with Crippen LogP contribution in [0.5, 0.6) is 5.88 Å². The SMILES string of the molecule is Cc1cnc([C@@H](OC(C)C)[C@H](C)S(=O)(=O)Nc2nnc3n2[C@@H](CO)COc2ncccc2-3)nc1. The van der Waals surface area contributed by atoms with Crippen LogP contribution in [0, 0.1) is 6.92 Å². The maximum absolute atomic E-state index is 13.4. The number of hydrogen-bond donors (Lipinski definition) is 2. The number of sulfonamides is 1. The smallest absolute Gasteiger partial charge is 0.240 e. The summed E-state index contributed by atoms with van der Waals surface area (Å²) in [6.07, 6.45) is 3.61. The molecule has 12 nitrogen and oxygen atoms in total. The third kappa shape index (κ3) is 4.72. The standard InChI is InChI=1S/C21H27N7O5S/c1-12(2)33-17(18-23-8-13(3)9-24-18)14(4)34(30,31)27-21-26-25-19-16-6-5-7-22-20(16)32-11-15(10-29)28(19)21/h5-9,12,14-15,17,29H,10-11H2,1-4H3,(H,26,27)/t14-,15-,17-/m0/s1. The highest BCUT2D eigenvalue weighted by molar-refractivity contribution is 7.93. The Bertz CT molecular complexity index is 1250. The van der Waals surface area contributed by atoms with Crippen LogP contribution in [0.15, 0.2) is 30.7 Å². The molecule has 0 radical (unpaired) electrons. The largest absolute Gasteiger partial charge is 0.475 e. The first-order valence-corrected chi connectivity index (χ1v) is 12.4. The highest BCUT2D eigenvalue weighted by Gasteiger charge is 2.36. The van der Waals surface area contributed by atoms with E-state index in [1.165, 1.54) is 11.5 Å². The van der Waals surface area contributed by atoms with Crippen LogP contribution in [0.1, 0.15) is 44.3 Å². The molecule has 0 fully saturated rings. The molecule has 13 heteroatoms. The number of aliphatic hydroxyl groups excluding tert-OH is 1. The number of rotatable bonds is 8. The highest BCUT2D eigenvalue weighted by Crippen LogP contribution is 2.35. The van der Waals surface area contributed by atoms with Crippen molar-refractivity contribution in [2.24, 2.45) is 0 Å². The van der Waals surface area contributed by atoms with Gasteiger partial charge in [0.2, 0.25) is 21.9 Å². The number of aryl methyl sites for hydroxylation is 1. The molecule has 0 aromatic carbocycles. The third-order valence-electron chi connectivity index (χ3n) is 5.32. The van der Waals surface area contributed by atoms with E-state index >= 15 is 0 Å². The second-order valence-electron chi connectivity index (χ2n) is 8.30. The van der Waals surface area contributed by atoms with Crippen molar-refractivity contribution < 1.29 is 23.0 Å². The molecule has 0 bridgehead atoms. The molecule has 3 aromatic rings. The first kappa shape index (κ1) is 24.0. The number of nitrogens with one attached hydrogen (secondary N) is 1. The summed E-state index contributed by atoms with van der Waals surface area (Å²) in [5.41, 5.74) is 1.39. The van der Waals surface area contributed by atoms with Crippen LogP contribution >= 0.6 is 0 Å². The molecule has 1 aliphatic rings. The molecule has 0 aliphatic carbocycles. The first-order valence-electron chi connectivity index (χ1n) is 10.8. The number of ether oxygens (including phenoxy) is 2. The lowest BCUT2D eigenvalue weighted by Crippen LogP contribution is -2.35. The number of fused-ring (bicyclic) bond motifs is 3. The van der Waals surface area contributed by atoms with Crippen molar-refractivity contribution in [3.63, 3.8) is 0 Å². The average Bonchev–Trinajstić information content (AvgIpc) is 3.12. The molecule has 182 valence electrons. The Morgan fingerprint density at radius 1 is 1.24 bits per heavy atom. The Kier molecular flexibility index (Phi) is 6.77. The molecular formula is C21H27N7O5S. The van der Waals surface area contributed by atoms with Gasteiger partial charge in [-0.1, -0.05) is 0 Å². The van der Waals surface area contributed by atoms with E-state index in [0.29, 0.717) is 17.3 Å². The minimum atomic E-state index is -4.06. The molecule has 0 saturated carbocycles. The fourth-order valence-electron chi connectivity index (χ4n) is 3.56. The van der Waals surface area contributed by atoms with Crippen LogP contribution in [0.3, 0.4) is 0 Å². The van der Waals surface area contributed by atoms with Crippen molar-refractivity contribution in [1.82, 2.24) is 29.7 Å². The summed E-state index contributed by atoms with van der Waals surface area (Å²) in [6.45, 7) is 6.72. The van der Waals surface area contributed by atoms with E-state index in [4.69, 9.17) is 9.47 Å². The summed E-state index contributed by atoms with van der Waals surface area (Å²) in [5, 5.41) is 17.1. The number of anilines is 1. The van der Waals surface area contributed by atoms with Crippen LogP contribution in [0.25, 0.3) is 11.4 Å². The molecule has 1 aliphatic heterocycles. The summed E-state index contributed by atoms with van der Waals surface area (Å²) in [5.74, 6) is 0.881. The Morgan fingerprint density at radius 2 is 1.97 bits per heavy atom. The molecular weight excluding hydrogens is 462 g/mol. The van der Waals surface area contributed by atoms with Crippen molar-refractivity contribution in [2.45, 2.75) is 51.2 Å². The second kappa shape index (κ2) is 9.60. The van der Waals surface area contributed by atoms with E-state index in [2.05, 4.69) is 29.9 Å². The minimum absolute atomic E-state index is 0.0469. The van der Waals surface area contributed by atoms with Gasteiger partial charge in [-0.3, -0.25) is 9.29 Å². The number of pyridine rings is 1. The van der Waals surface area contributed by atoms with Gasteiger partial charge in [0.05, 0.1) is 24.3 Å². The zero-order valence-electron chi connectivity index (χ0n) is 19.3. The van der Waals surface area contributed by atoms with Gasteiger partial charge in [0.1, 0.15) is 18.0 Å². The molecule has 0 unspecified atom stereocenters. The van der Waals surface area contributed by atoms with E-state index < -0.39 is 27.4 Å². The summed E-state index contributed by atoms with van der Waals surface area (Å²) in [4.78, 5) is 12.8. The van der Waals surface area contributed by atoms with Gasteiger partial charge in [-0.05, 0) is 45.4 Å². The first-order chi connectivity index (χ1) is 16.2. The summed E-state index contributed by atoms with van der Waals surface area (Å²) >= 11 is 0. The lowest BCUT2D eigenvalue weighted by Gasteiger charge is -2.26. The van der Waals surface area contributed by atoms with E-state index in [1.54, 1.807) is 30.7 Å². The van der Waals surface area contributed by atoms with Gasteiger partial charge in [-0.15, -0.1) is 10.2 Å². The number of nitrogens with zero attached hydrogens (tertiary/aromatic N) is 6. The van der Waals surface area contributed by atoms with Gasteiger partial charge in [-0.2, -0.15) is 0 Å². The number of aliphatic hydroxyl groups is 1. The lowest BCUT2D eigenvalue weighted by atomic mass is 10.2.